The average molecular weight is 381 g/mol. The lowest BCUT2D eigenvalue weighted by molar-refractivity contribution is -0.212. The minimum absolute atomic E-state index is 0.121. The molecule has 1 aliphatic heterocycles. The molecule has 0 N–H and O–H groups in total. The predicted octanol–water partition coefficient (Wildman–Crippen LogP) is 5.03. The van der Waals surface area contributed by atoms with Gasteiger partial charge >= 0.3 is 0 Å². The van der Waals surface area contributed by atoms with Crippen LogP contribution in [0.15, 0.2) is 65.8 Å². The van der Waals surface area contributed by atoms with E-state index in [4.69, 9.17) is 19.7 Å². The van der Waals surface area contributed by atoms with E-state index in [1.54, 1.807) is 0 Å². The molecule has 28 heavy (non-hydrogen) atoms. The Morgan fingerprint density at radius 1 is 0.929 bits per heavy atom. The number of azide groups is 1. The first-order valence-corrected chi connectivity index (χ1v) is 9.73. The zero-order valence-corrected chi connectivity index (χ0v) is 16.3. The molecule has 0 aromatic heterocycles. The number of hydrogen-bond acceptors (Lipinski definition) is 4. The van der Waals surface area contributed by atoms with E-state index >= 15 is 0 Å². The van der Waals surface area contributed by atoms with Crippen LogP contribution in [-0.2, 0) is 27.4 Å². The second-order valence-corrected chi connectivity index (χ2v) is 7.01. The van der Waals surface area contributed by atoms with Crippen LogP contribution in [0, 0.1) is 0 Å². The van der Waals surface area contributed by atoms with Crippen LogP contribution in [0.5, 0.6) is 0 Å². The summed E-state index contributed by atoms with van der Waals surface area (Å²) in [5, 5.41) is 3.98. The van der Waals surface area contributed by atoms with E-state index in [0.29, 0.717) is 13.2 Å². The van der Waals surface area contributed by atoms with Gasteiger partial charge in [-0.15, -0.1) is 0 Å². The molecular formula is C22H27N3O3. The van der Waals surface area contributed by atoms with Gasteiger partial charge in [0.05, 0.1) is 37.6 Å². The molecule has 5 atom stereocenters. The summed E-state index contributed by atoms with van der Waals surface area (Å²) in [5.41, 5.74) is 11.2. The van der Waals surface area contributed by atoms with Crippen molar-refractivity contribution in [1.29, 1.82) is 0 Å². The van der Waals surface area contributed by atoms with Crippen molar-refractivity contribution < 1.29 is 14.2 Å². The minimum Gasteiger partial charge on any atom is -0.372 e. The molecule has 0 saturated carbocycles. The van der Waals surface area contributed by atoms with Crippen molar-refractivity contribution in [1.82, 2.24) is 0 Å². The van der Waals surface area contributed by atoms with Crippen molar-refractivity contribution in [2.45, 2.75) is 63.9 Å². The van der Waals surface area contributed by atoms with Gasteiger partial charge in [-0.1, -0.05) is 72.7 Å². The lowest BCUT2D eigenvalue weighted by Gasteiger charge is -2.44. The molecule has 1 saturated heterocycles. The Labute approximate surface area is 166 Å². The van der Waals surface area contributed by atoms with Crippen molar-refractivity contribution in [3.63, 3.8) is 0 Å². The molecule has 3 rings (SSSR count). The monoisotopic (exact) mass is 381 g/mol. The summed E-state index contributed by atoms with van der Waals surface area (Å²) in [5.74, 6) is 0. The molecule has 0 amide bonds. The largest absolute Gasteiger partial charge is 0.372 e. The van der Waals surface area contributed by atoms with Crippen LogP contribution < -0.4 is 0 Å². The summed E-state index contributed by atoms with van der Waals surface area (Å²) in [6.07, 6.45) is -0.269. The molecule has 2 aromatic rings. The van der Waals surface area contributed by atoms with E-state index in [0.717, 1.165) is 17.5 Å². The molecule has 0 bridgehead atoms. The maximum atomic E-state index is 9.06. The minimum atomic E-state index is -0.447. The Morgan fingerprint density at radius 2 is 1.46 bits per heavy atom. The molecule has 2 unspecified atom stereocenters. The Hall–Kier alpha value is -2.37. The fourth-order valence-electron chi connectivity index (χ4n) is 3.58. The van der Waals surface area contributed by atoms with E-state index in [1.807, 2.05) is 67.6 Å². The van der Waals surface area contributed by atoms with Crippen molar-refractivity contribution >= 4 is 0 Å². The van der Waals surface area contributed by atoms with Gasteiger partial charge in [-0.3, -0.25) is 0 Å². The van der Waals surface area contributed by atoms with Gasteiger partial charge in [0.25, 0.3) is 0 Å². The molecular weight excluding hydrogens is 354 g/mol. The summed E-state index contributed by atoms with van der Waals surface area (Å²) in [6.45, 7) is 4.87. The molecule has 1 fully saturated rings. The quantitative estimate of drug-likeness (QED) is 0.365. The fraction of sp³-hybridized carbons (Fsp3) is 0.455. The normalized spacial score (nSPS) is 27.1. The standard InChI is InChI=1S/C22H27N3O3/c1-3-19-21(26-14-17-10-6-4-7-11-17)22(20(24-25-23)16(2)28-19)27-15-18-12-8-5-9-13-18/h4-13,16,19-22H,3,14-15H2,1-2H3/t16-,19?,20?,21+,22-/m1/s1. The molecule has 6 heteroatoms. The molecule has 148 valence electrons. The SMILES string of the molecule is CCC1O[C@H](C)C(N=[N+]=[N-])[C@@H](OCc2ccccc2)[C@H]1OCc1ccccc1. The van der Waals surface area contributed by atoms with Gasteiger partial charge in [-0.25, -0.2) is 0 Å². The molecule has 6 nitrogen and oxygen atoms in total. The third-order valence-electron chi connectivity index (χ3n) is 5.06. The van der Waals surface area contributed by atoms with Gasteiger partial charge in [0, 0.05) is 4.91 Å². The van der Waals surface area contributed by atoms with Gasteiger partial charge in [-0.05, 0) is 30.0 Å². The van der Waals surface area contributed by atoms with E-state index in [2.05, 4.69) is 16.9 Å². The Morgan fingerprint density at radius 3 is 1.96 bits per heavy atom. The topological polar surface area (TPSA) is 76.5 Å². The van der Waals surface area contributed by atoms with Crippen molar-refractivity contribution in [2.24, 2.45) is 5.11 Å². The third-order valence-corrected chi connectivity index (χ3v) is 5.06. The van der Waals surface area contributed by atoms with Crippen LogP contribution in [0.2, 0.25) is 0 Å². The van der Waals surface area contributed by atoms with E-state index in [9.17, 15) is 0 Å². The first kappa shape index (κ1) is 20.4. The number of benzene rings is 2. The molecule has 0 radical (unpaired) electrons. The van der Waals surface area contributed by atoms with Crippen LogP contribution in [0.25, 0.3) is 10.4 Å². The average Bonchev–Trinajstić information content (AvgIpc) is 2.74. The summed E-state index contributed by atoms with van der Waals surface area (Å²) in [6, 6.07) is 19.5. The van der Waals surface area contributed by atoms with Crippen molar-refractivity contribution in [2.75, 3.05) is 0 Å². The van der Waals surface area contributed by atoms with Crippen molar-refractivity contribution in [3.05, 3.63) is 82.2 Å². The molecule has 2 aromatic carbocycles. The first-order valence-electron chi connectivity index (χ1n) is 9.73. The lowest BCUT2D eigenvalue weighted by Crippen LogP contribution is -2.57. The smallest absolute Gasteiger partial charge is 0.111 e. The summed E-state index contributed by atoms with van der Waals surface area (Å²) in [4.78, 5) is 3.03. The second-order valence-electron chi connectivity index (χ2n) is 7.01. The molecule has 1 heterocycles. The third kappa shape index (κ3) is 5.12. The maximum absolute atomic E-state index is 9.06. The summed E-state index contributed by atoms with van der Waals surface area (Å²) >= 11 is 0. The maximum Gasteiger partial charge on any atom is 0.111 e. The first-order chi connectivity index (χ1) is 13.7. The van der Waals surface area contributed by atoms with E-state index in [-0.39, 0.29) is 24.4 Å². The highest BCUT2D eigenvalue weighted by molar-refractivity contribution is 5.14. The number of ether oxygens (including phenoxy) is 3. The van der Waals surface area contributed by atoms with Gasteiger partial charge < -0.3 is 14.2 Å². The highest BCUT2D eigenvalue weighted by Gasteiger charge is 2.44. The van der Waals surface area contributed by atoms with Crippen LogP contribution in [0.1, 0.15) is 31.4 Å². The summed E-state index contributed by atoms with van der Waals surface area (Å²) < 4.78 is 18.6. The van der Waals surface area contributed by atoms with Crippen molar-refractivity contribution in [3.8, 4) is 0 Å². The number of hydrogen-bond donors (Lipinski definition) is 0. The zero-order valence-electron chi connectivity index (χ0n) is 16.3. The lowest BCUT2D eigenvalue weighted by atomic mass is 9.92. The van der Waals surface area contributed by atoms with Gasteiger partial charge in [-0.2, -0.15) is 0 Å². The predicted molar refractivity (Wildman–Crippen MR) is 108 cm³/mol. The molecule has 0 aliphatic carbocycles. The van der Waals surface area contributed by atoms with Gasteiger partial charge in [0.2, 0.25) is 0 Å². The van der Waals surface area contributed by atoms with Gasteiger partial charge in [0.1, 0.15) is 6.10 Å². The van der Waals surface area contributed by atoms with E-state index < -0.39 is 6.04 Å². The van der Waals surface area contributed by atoms with Crippen LogP contribution in [0.3, 0.4) is 0 Å². The molecule has 1 aliphatic rings. The highest BCUT2D eigenvalue weighted by atomic mass is 16.6. The fourth-order valence-corrected chi connectivity index (χ4v) is 3.58. The highest BCUT2D eigenvalue weighted by Crippen LogP contribution is 2.31. The summed E-state index contributed by atoms with van der Waals surface area (Å²) in [7, 11) is 0. The van der Waals surface area contributed by atoms with E-state index in [1.165, 1.54) is 0 Å². The Kier molecular flexibility index (Phi) is 7.46. The van der Waals surface area contributed by atoms with Crippen LogP contribution in [-0.4, -0.2) is 30.5 Å². The van der Waals surface area contributed by atoms with Gasteiger partial charge in [0.15, 0.2) is 0 Å². The Balaban J connectivity index is 1.79. The Bertz CT molecular complexity index is 765. The van der Waals surface area contributed by atoms with Crippen LogP contribution >= 0.6 is 0 Å². The number of nitrogens with zero attached hydrogens (tertiary/aromatic N) is 3. The number of rotatable bonds is 8. The van der Waals surface area contributed by atoms with Crippen LogP contribution in [0.4, 0.5) is 0 Å². The zero-order chi connectivity index (χ0) is 19.8. The molecule has 0 spiro atoms. The second kappa shape index (κ2) is 10.2.